The summed E-state index contributed by atoms with van der Waals surface area (Å²) >= 11 is 1.64. The summed E-state index contributed by atoms with van der Waals surface area (Å²) in [6.45, 7) is 5.24. The fraction of sp³-hybridized carbons (Fsp3) is 0.833. The van der Waals surface area contributed by atoms with Crippen LogP contribution in [0.25, 0.3) is 0 Å². The highest BCUT2D eigenvalue weighted by Gasteiger charge is 2.38. The van der Waals surface area contributed by atoms with Crippen molar-refractivity contribution in [3.8, 4) is 0 Å². The highest BCUT2D eigenvalue weighted by Crippen LogP contribution is 2.26. The Labute approximate surface area is 160 Å². The predicted octanol–water partition coefficient (Wildman–Crippen LogP) is 1.33. The monoisotopic (exact) mass is 385 g/mol. The van der Waals surface area contributed by atoms with Crippen LogP contribution in [0.4, 0.5) is 0 Å². The van der Waals surface area contributed by atoms with Crippen molar-refractivity contribution >= 4 is 29.5 Å². The molecular formula is C18H31N3O4S. The van der Waals surface area contributed by atoms with Gasteiger partial charge in [0.15, 0.2) is 0 Å². The Hall–Kier alpha value is -1.28. The Kier molecular flexibility index (Phi) is 7.76. The van der Waals surface area contributed by atoms with E-state index in [0.717, 1.165) is 25.7 Å². The molecule has 2 heterocycles. The van der Waals surface area contributed by atoms with Gasteiger partial charge in [-0.15, -0.1) is 11.8 Å². The summed E-state index contributed by atoms with van der Waals surface area (Å²) in [5.41, 5.74) is 0. The number of hydrogen-bond acceptors (Lipinski definition) is 5. The van der Waals surface area contributed by atoms with E-state index in [0.29, 0.717) is 24.7 Å². The third kappa shape index (κ3) is 5.13. The second kappa shape index (κ2) is 9.60. The van der Waals surface area contributed by atoms with Crippen molar-refractivity contribution in [1.29, 1.82) is 0 Å². The van der Waals surface area contributed by atoms with Crippen molar-refractivity contribution in [2.75, 3.05) is 38.3 Å². The number of likely N-dealkylation sites (N-methyl/N-ethyl adjacent to an activating group) is 1. The maximum atomic E-state index is 13.0. The van der Waals surface area contributed by atoms with E-state index < -0.39 is 5.97 Å². The van der Waals surface area contributed by atoms with Gasteiger partial charge in [0.05, 0.1) is 12.4 Å². The third-order valence-corrected chi connectivity index (χ3v) is 6.51. The lowest BCUT2D eigenvalue weighted by Gasteiger charge is -2.30. The lowest BCUT2D eigenvalue weighted by Crippen LogP contribution is -2.50. The molecule has 2 aliphatic rings. The van der Waals surface area contributed by atoms with Crippen LogP contribution in [0.3, 0.4) is 0 Å². The molecule has 7 nitrogen and oxygen atoms in total. The first-order valence-electron chi connectivity index (χ1n) is 9.44. The molecule has 0 aromatic rings. The largest absolute Gasteiger partial charge is 0.480 e. The summed E-state index contributed by atoms with van der Waals surface area (Å²) in [6.07, 6.45) is 3.30. The molecule has 3 atom stereocenters. The number of nitrogens with zero attached hydrogens (tertiary/aromatic N) is 3. The fourth-order valence-electron chi connectivity index (χ4n) is 3.62. The molecule has 0 aliphatic carbocycles. The highest BCUT2D eigenvalue weighted by molar-refractivity contribution is 7.99. The van der Waals surface area contributed by atoms with Gasteiger partial charge in [-0.3, -0.25) is 19.3 Å². The number of amides is 2. The van der Waals surface area contributed by atoms with Crippen LogP contribution in [0.2, 0.25) is 0 Å². The van der Waals surface area contributed by atoms with Crippen LogP contribution in [0.5, 0.6) is 0 Å². The summed E-state index contributed by atoms with van der Waals surface area (Å²) in [5, 5.41) is 8.97. The number of likely N-dealkylation sites (tertiary alicyclic amines) is 1. The number of hydrogen-bond donors (Lipinski definition) is 1. The molecular weight excluding hydrogens is 354 g/mol. The van der Waals surface area contributed by atoms with E-state index in [2.05, 4.69) is 0 Å². The topological polar surface area (TPSA) is 81.2 Å². The standard InChI is InChI=1S/C18H31N3O4S/c1-4-13(2)17(24)21-12-26-11-15(21)18(25)20-8-5-6-14(7-9-20)19(3)10-16(22)23/h13-15H,4-12H2,1-3H3,(H,22,23). The number of carbonyl (C=O) groups is 3. The lowest BCUT2D eigenvalue weighted by atomic mass is 10.1. The van der Waals surface area contributed by atoms with Crippen LogP contribution in [-0.4, -0.2) is 88.0 Å². The fourth-order valence-corrected chi connectivity index (χ4v) is 4.77. The smallest absolute Gasteiger partial charge is 0.317 e. The zero-order chi connectivity index (χ0) is 19.3. The van der Waals surface area contributed by atoms with Crippen LogP contribution in [0.15, 0.2) is 0 Å². The predicted molar refractivity (Wildman–Crippen MR) is 102 cm³/mol. The SMILES string of the molecule is CCC(C)C(=O)N1CSCC1C(=O)N1CCCC(N(C)CC(=O)O)CC1. The highest BCUT2D eigenvalue weighted by atomic mass is 32.2. The van der Waals surface area contributed by atoms with Crippen LogP contribution < -0.4 is 0 Å². The zero-order valence-corrected chi connectivity index (χ0v) is 16.8. The number of carboxylic acid groups (broad SMARTS) is 1. The molecule has 26 heavy (non-hydrogen) atoms. The van der Waals surface area contributed by atoms with Gasteiger partial charge in [-0.05, 0) is 32.7 Å². The van der Waals surface area contributed by atoms with Crippen LogP contribution in [0.1, 0.15) is 39.5 Å². The Balaban J connectivity index is 1.96. The maximum Gasteiger partial charge on any atom is 0.317 e. The van der Waals surface area contributed by atoms with Crippen molar-refractivity contribution in [2.45, 2.75) is 51.6 Å². The van der Waals surface area contributed by atoms with Gasteiger partial charge >= 0.3 is 5.97 Å². The maximum absolute atomic E-state index is 13.0. The van der Waals surface area contributed by atoms with Gasteiger partial charge in [0.1, 0.15) is 6.04 Å². The number of carboxylic acids is 1. The van der Waals surface area contributed by atoms with Gasteiger partial charge in [0, 0.05) is 30.8 Å². The van der Waals surface area contributed by atoms with Gasteiger partial charge in [0.25, 0.3) is 0 Å². The first-order valence-corrected chi connectivity index (χ1v) is 10.6. The minimum Gasteiger partial charge on any atom is -0.480 e. The minimum atomic E-state index is -0.827. The Morgan fingerprint density at radius 3 is 2.65 bits per heavy atom. The van der Waals surface area contributed by atoms with Gasteiger partial charge in [-0.25, -0.2) is 0 Å². The van der Waals surface area contributed by atoms with E-state index in [1.807, 2.05) is 30.7 Å². The van der Waals surface area contributed by atoms with E-state index in [-0.39, 0.29) is 36.4 Å². The van der Waals surface area contributed by atoms with Crippen molar-refractivity contribution in [2.24, 2.45) is 5.92 Å². The second-order valence-corrected chi connectivity index (χ2v) is 8.35. The summed E-state index contributed by atoms with van der Waals surface area (Å²) in [4.78, 5) is 42.0. The minimum absolute atomic E-state index is 0.0229. The van der Waals surface area contributed by atoms with E-state index in [9.17, 15) is 14.4 Å². The van der Waals surface area contributed by atoms with Crippen LogP contribution >= 0.6 is 11.8 Å². The molecule has 2 rings (SSSR count). The van der Waals surface area contributed by atoms with E-state index in [4.69, 9.17) is 5.11 Å². The number of aliphatic carboxylic acids is 1. The van der Waals surface area contributed by atoms with Crippen molar-refractivity contribution < 1.29 is 19.5 Å². The molecule has 2 saturated heterocycles. The molecule has 8 heteroatoms. The summed E-state index contributed by atoms with van der Waals surface area (Å²) in [7, 11) is 1.83. The molecule has 2 aliphatic heterocycles. The zero-order valence-electron chi connectivity index (χ0n) is 16.0. The van der Waals surface area contributed by atoms with E-state index >= 15 is 0 Å². The third-order valence-electron chi connectivity index (χ3n) is 5.50. The Morgan fingerprint density at radius 2 is 2.00 bits per heavy atom. The molecule has 0 spiro atoms. The Morgan fingerprint density at radius 1 is 1.27 bits per heavy atom. The van der Waals surface area contributed by atoms with Gasteiger partial charge in [-0.2, -0.15) is 0 Å². The Bertz CT molecular complexity index is 531. The molecule has 148 valence electrons. The first-order chi connectivity index (χ1) is 12.3. The molecule has 0 aromatic carbocycles. The van der Waals surface area contributed by atoms with Crippen LogP contribution in [-0.2, 0) is 14.4 Å². The van der Waals surface area contributed by atoms with Crippen molar-refractivity contribution in [1.82, 2.24) is 14.7 Å². The molecule has 0 aromatic heterocycles. The summed E-state index contributed by atoms with van der Waals surface area (Å²) in [6, 6.07) is -0.172. The molecule has 0 radical (unpaired) electrons. The van der Waals surface area contributed by atoms with Gasteiger partial charge < -0.3 is 14.9 Å². The average molecular weight is 386 g/mol. The van der Waals surface area contributed by atoms with Crippen molar-refractivity contribution in [3.05, 3.63) is 0 Å². The van der Waals surface area contributed by atoms with Crippen molar-refractivity contribution in [3.63, 3.8) is 0 Å². The second-order valence-electron chi connectivity index (χ2n) is 7.35. The van der Waals surface area contributed by atoms with E-state index in [1.165, 1.54) is 0 Å². The molecule has 2 amide bonds. The normalized spacial score (nSPS) is 25.2. The molecule has 0 bridgehead atoms. The van der Waals surface area contributed by atoms with E-state index in [1.54, 1.807) is 16.7 Å². The molecule has 3 unspecified atom stereocenters. The number of rotatable bonds is 6. The average Bonchev–Trinajstić information content (AvgIpc) is 2.96. The van der Waals surface area contributed by atoms with Crippen LogP contribution in [0, 0.1) is 5.92 Å². The number of carbonyl (C=O) groups excluding carboxylic acids is 2. The number of thioether (sulfide) groups is 1. The van der Waals surface area contributed by atoms with Gasteiger partial charge in [0.2, 0.25) is 11.8 Å². The first kappa shape index (κ1) is 21.0. The summed E-state index contributed by atoms with van der Waals surface area (Å²) < 4.78 is 0. The quantitative estimate of drug-likeness (QED) is 0.743. The molecule has 2 fully saturated rings. The molecule has 1 N–H and O–H groups in total. The lowest BCUT2D eigenvalue weighted by molar-refractivity contribution is -0.145. The summed E-state index contributed by atoms with van der Waals surface area (Å²) in [5.74, 6) is 0.504. The van der Waals surface area contributed by atoms with Gasteiger partial charge in [-0.1, -0.05) is 13.8 Å². The molecule has 0 saturated carbocycles.